The van der Waals surface area contributed by atoms with E-state index in [2.05, 4.69) is 24.9 Å². The Kier molecular flexibility index (Phi) is 6.79. The summed E-state index contributed by atoms with van der Waals surface area (Å²) in [7, 11) is -3.24. The van der Waals surface area contributed by atoms with Crippen LogP contribution in [-0.4, -0.2) is 51.0 Å². The third-order valence-corrected chi connectivity index (χ3v) is 9.06. The summed E-state index contributed by atoms with van der Waals surface area (Å²) >= 11 is 0. The maximum atomic E-state index is 13.7. The van der Waals surface area contributed by atoms with Crippen molar-refractivity contribution in [1.82, 2.24) is 24.9 Å². The van der Waals surface area contributed by atoms with Gasteiger partial charge in [0.25, 0.3) is 0 Å². The van der Waals surface area contributed by atoms with Gasteiger partial charge in [0.1, 0.15) is 11.6 Å². The van der Waals surface area contributed by atoms with E-state index >= 15 is 0 Å². The summed E-state index contributed by atoms with van der Waals surface area (Å²) in [5.41, 5.74) is 1.98. The van der Waals surface area contributed by atoms with E-state index in [9.17, 15) is 13.2 Å². The third-order valence-electron chi connectivity index (χ3n) is 6.92. The highest BCUT2D eigenvalue weighted by molar-refractivity contribution is 7.91. The summed E-state index contributed by atoms with van der Waals surface area (Å²) in [6, 6.07) is 5.47. The molecule has 36 heavy (non-hydrogen) atoms. The molecular formula is C26H29N5O4S. The Bertz CT molecular complexity index is 1350. The number of Topliss-reactive ketones (excluding diaryl/α,β-unsaturated/α-hetero) is 1. The molecule has 9 nitrogen and oxygen atoms in total. The largest absolute Gasteiger partial charge is 0.477 e. The standard InChI is InChI=1S/C26H29N5O4S/c1-2-35-25-16-27-15-21(30-25)18-5-6-19(29-14-18)13-23(32)26(10-3-4-11-26)22-9-12-28-24(31-22)17-36(33,34)20-7-8-20/h5-6,9,12,14-16,20H,2-4,7-8,10-11,13,17H2,1H3. The van der Waals surface area contributed by atoms with Gasteiger partial charge in [-0.2, -0.15) is 0 Å². The maximum Gasteiger partial charge on any atom is 0.232 e. The van der Waals surface area contributed by atoms with Crippen molar-refractivity contribution >= 4 is 15.6 Å². The normalized spacial score (nSPS) is 17.1. The molecule has 188 valence electrons. The zero-order chi connectivity index (χ0) is 25.2. The molecule has 0 N–H and O–H groups in total. The Hall–Kier alpha value is -3.27. The molecule has 0 saturated heterocycles. The Morgan fingerprint density at radius 1 is 1.06 bits per heavy atom. The molecule has 5 rings (SSSR count). The van der Waals surface area contributed by atoms with Crippen molar-refractivity contribution in [3.8, 4) is 17.1 Å². The van der Waals surface area contributed by atoms with Crippen LogP contribution in [0.3, 0.4) is 0 Å². The lowest BCUT2D eigenvalue weighted by Crippen LogP contribution is -2.36. The molecule has 0 unspecified atom stereocenters. The average Bonchev–Trinajstić information content (AvgIpc) is 3.63. The van der Waals surface area contributed by atoms with Crippen molar-refractivity contribution in [2.75, 3.05) is 6.61 Å². The first-order chi connectivity index (χ1) is 17.4. The molecule has 2 fully saturated rings. The first-order valence-electron chi connectivity index (χ1n) is 12.4. The highest BCUT2D eigenvalue weighted by atomic mass is 32.2. The van der Waals surface area contributed by atoms with Crippen LogP contribution in [0.25, 0.3) is 11.3 Å². The zero-order valence-corrected chi connectivity index (χ0v) is 21.1. The number of rotatable bonds is 10. The Labute approximate surface area is 210 Å². The summed E-state index contributed by atoms with van der Waals surface area (Å²) in [5.74, 6) is 0.600. The van der Waals surface area contributed by atoms with Crippen LogP contribution in [0.1, 0.15) is 62.7 Å². The van der Waals surface area contributed by atoms with E-state index in [0.29, 0.717) is 55.3 Å². The molecule has 0 atom stereocenters. The summed E-state index contributed by atoms with van der Waals surface area (Å²) in [5, 5.41) is -0.270. The van der Waals surface area contributed by atoms with Crippen molar-refractivity contribution in [3.63, 3.8) is 0 Å². The van der Waals surface area contributed by atoms with E-state index in [1.165, 1.54) is 0 Å². The molecule has 0 amide bonds. The van der Waals surface area contributed by atoms with E-state index in [-0.39, 0.29) is 29.0 Å². The number of carbonyl (C=O) groups excluding carboxylic acids is 1. The van der Waals surface area contributed by atoms with Crippen LogP contribution in [0.2, 0.25) is 0 Å². The minimum absolute atomic E-state index is 0.0492. The summed E-state index contributed by atoms with van der Waals surface area (Å²) in [6.07, 6.45) is 11.3. The second kappa shape index (κ2) is 10.0. The summed E-state index contributed by atoms with van der Waals surface area (Å²) in [4.78, 5) is 35.6. The van der Waals surface area contributed by atoms with Gasteiger partial charge < -0.3 is 4.74 Å². The Balaban J connectivity index is 1.34. The fourth-order valence-electron chi connectivity index (χ4n) is 4.84. The molecule has 2 saturated carbocycles. The Morgan fingerprint density at radius 3 is 2.56 bits per heavy atom. The van der Waals surface area contributed by atoms with E-state index in [1.807, 2.05) is 19.1 Å². The van der Waals surface area contributed by atoms with Crippen LogP contribution in [-0.2, 0) is 32.2 Å². The third kappa shape index (κ3) is 5.13. The molecule has 10 heteroatoms. The molecule has 0 bridgehead atoms. The number of sulfone groups is 1. The van der Waals surface area contributed by atoms with Gasteiger partial charge >= 0.3 is 0 Å². The van der Waals surface area contributed by atoms with Crippen LogP contribution < -0.4 is 4.74 Å². The van der Waals surface area contributed by atoms with Crippen LogP contribution in [0, 0.1) is 0 Å². The minimum Gasteiger partial charge on any atom is -0.477 e. The number of ether oxygens (including phenoxy) is 1. The van der Waals surface area contributed by atoms with Crippen molar-refractivity contribution in [3.05, 3.63) is 60.2 Å². The van der Waals surface area contributed by atoms with E-state index in [0.717, 1.165) is 18.4 Å². The average molecular weight is 508 g/mol. The first-order valence-corrected chi connectivity index (χ1v) is 14.1. The van der Waals surface area contributed by atoms with Gasteiger partial charge in [-0.3, -0.25) is 14.8 Å². The maximum absolute atomic E-state index is 13.7. The number of ketones is 1. The molecule has 3 heterocycles. The predicted octanol–water partition coefficient (Wildman–Crippen LogP) is 3.43. The molecule has 0 aromatic carbocycles. The number of hydrogen-bond acceptors (Lipinski definition) is 9. The van der Waals surface area contributed by atoms with Crippen LogP contribution in [0.4, 0.5) is 0 Å². The fourth-order valence-corrected chi connectivity index (χ4v) is 6.42. The molecule has 3 aromatic rings. The molecule has 0 spiro atoms. The number of hydrogen-bond donors (Lipinski definition) is 0. The highest BCUT2D eigenvalue weighted by Gasteiger charge is 2.44. The predicted molar refractivity (Wildman–Crippen MR) is 133 cm³/mol. The lowest BCUT2D eigenvalue weighted by molar-refractivity contribution is -0.124. The molecule has 3 aromatic heterocycles. The fraction of sp³-hybridized carbons (Fsp3) is 0.462. The zero-order valence-electron chi connectivity index (χ0n) is 20.3. The van der Waals surface area contributed by atoms with Crippen molar-refractivity contribution in [2.24, 2.45) is 0 Å². The monoisotopic (exact) mass is 507 g/mol. The topological polar surface area (TPSA) is 125 Å². The van der Waals surface area contributed by atoms with Gasteiger partial charge in [0, 0.05) is 30.1 Å². The van der Waals surface area contributed by atoms with Gasteiger partial charge in [-0.15, -0.1) is 0 Å². The molecular weight excluding hydrogens is 478 g/mol. The second-order valence-electron chi connectivity index (χ2n) is 9.47. The Morgan fingerprint density at radius 2 is 1.86 bits per heavy atom. The highest BCUT2D eigenvalue weighted by Crippen LogP contribution is 2.42. The second-order valence-corrected chi connectivity index (χ2v) is 11.7. The molecule has 2 aliphatic carbocycles. The summed E-state index contributed by atoms with van der Waals surface area (Å²) < 4.78 is 30.3. The van der Waals surface area contributed by atoms with E-state index in [1.54, 1.807) is 30.9 Å². The van der Waals surface area contributed by atoms with Gasteiger partial charge in [0.2, 0.25) is 5.88 Å². The van der Waals surface area contributed by atoms with Gasteiger partial charge in [0.05, 0.1) is 41.1 Å². The lowest BCUT2D eigenvalue weighted by Gasteiger charge is -2.27. The van der Waals surface area contributed by atoms with Crippen molar-refractivity contribution in [1.29, 1.82) is 0 Å². The van der Waals surface area contributed by atoms with E-state index in [4.69, 9.17) is 4.74 Å². The number of aromatic nitrogens is 5. The van der Waals surface area contributed by atoms with E-state index < -0.39 is 15.3 Å². The van der Waals surface area contributed by atoms with Gasteiger partial charge in [-0.1, -0.05) is 12.8 Å². The smallest absolute Gasteiger partial charge is 0.232 e. The van der Waals surface area contributed by atoms with Crippen LogP contribution in [0.15, 0.2) is 43.0 Å². The first kappa shape index (κ1) is 24.4. The van der Waals surface area contributed by atoms with Crippen LogP contribution >= 0.6 is 0 Å². The SMILES string of the molecule is CCOc1cncc(-c2ccc(CC(=O)C3(c4ccnc(CS(=O)(=O)C5CC5)n4)CCCC3)nc2)n1. The quantitative estimate of drug-likeness (QED) is 0.406. The van der Waals surface area contributed by atoms with Crippen molar-refractivity contribution in [2.45, 2.75) is 68.3 Å². The molecule has 0 aliphatic heterocycles. The van der Waals surface area contributed by atoms with Gasteiger partial charge in [-0.05, 0) is 50.8 Å². The number of carbonyl (C=O) groups is 1. The molecule has 2 aliphatic rings. The minimum atomic E-state index is -3.24. The van der Waals surface area contributed by atoms with Gasteiger partial charge in [-0.25, -0.2) is 23.4 Å². The summed E-state index contributed by atoms with van der Waals surface area (Å²) in [6.45, 7) is 2.39. The lowest BCUT2D eigenvalue weighted by atomic mass is 9.76. The van der Waals surface area contributed by atoms with Crippen LogP contribution in [0.5, 0.6) is 5.88 Å². The number of pyridine rings is 1. The number of nitrogens with zero attached hydrogens (tertiary/aromatic N) is 5. The van der Waals surface area contributed by atoms with Gasteiger partial charge in [0.15, 0.2) is 15.6 Å². The van der Waals surface area contributed by atoms with Crippen molar-refractivity contribution < 1.29 is 17.9 Å². The molecule has 0 radical (unpaired) electrons.